The Hall–Kier alpha value is -0.0582. The SMILES string of the molecule is CCCCC/C=C(/B1OCCCO1)[Si](C)(C)C. The maximum atomic E-state index is 5.77. The molecule has 1 aliphatic heterocycles. The Balaban J connectivity index is 2.59. The Kier molecular flexibility index (Phi) is 6.52. The molecular formula is C13H27BO2Si. The van der Waals surface area contributed by atoms with Gasteiger partial charge in [0.1, 0.15) is 0 Å². The Morgan fingerprint density at radius 3 is 2.35 bits per heavy atom. The van der Waals surface area contributed by atoms with Crippen LogP contribution in [0.3, 0.4) is 0 Å². The Morgan fingerprint density at radius 2 is 1.82 bits per heavy atom. The van der Waals surface area contributed by atoms with Crippen molar-refractivity contribution in [2.24, 2.45) is 0 Å². The summed E-state index contributed by atoms with van der Waals surface area (Å²) >= 11 is 0. The fraction of sp³-hybridized carbons (Fsp3) is 0.846. The minimum absolute atomic E-state index is 0.0444. The van der Waals surface area contributed by atoms with Gasteiger partial charge in [0.05, 0.1) is 8.07 Å². The van der Waals surface area contributed by atoms with Crippen LogP contribution in [0, 0.1) is 0 Å². The van der Waals surface area contributed by atoms with Crippen LogP contribution in [-0.4, -0.2) is 28.4 Å². The first kappa shape index (κ1) is 15.0. The van der Waals surface area contributed by atoms with Crippen molar-refractivity contribution in [2.45, 2.75) is 58.7 Å². The van der Waals surface area contributed by atoms with Gasteiger partial charge in [-0.15, -0.1) is 0 Å². The third-order valence-corrected chi connectivity index (χ3v) is 5.29. The molecule has 98 valence electrons. The number of allylic oxidation sites excluding steroid dienone is 1. The van der Waals surface area contributed by atoms with Crippen LogP contribution < -0.4 is 0 Å². The van der Waals surface area contributed by atoms with Gasteiger partial charge in [-0.1, -0.05) is 50.6 Å². The Bertz CT molecular complexity index is 242. The van der Waals surface area contributed by atoms with Gasteiger partial charge in [-0.25, -0.2) is 0 Å². The summed E-state index contributed by atoms with van der Waals surface area (Å²) in [7, 11) is -1.37. The second-order valence-electron chi connectivity index (χ2n) is 5.83. The van der Waals surface area contributed by atoms with E-state index in [0.717, 1.165) is 19.6 Å². The van der Waals surface area contributed by atoms with E-state index in [2.05, 4.69) is 32.6 Å². The largest absolute Gasteiger partial charge is 0.485 e. The summed E-state index contributed by atoms with van der Waals surface area (Å²) in [6.45, 7) is 11.1. The van der Waals surface area contributed by atoms with Crippen LogP contribution in [0.25, 0.3) is 0 Å². The van der Waals surface area contributed by atoms with Gasteiger partial charge in [0.2, 0.25) is 0 Å². The molecule has 0 unspecified atom stereocenters. The molecule has 0 bridgehead atoms. The molecule has 0 radical (unpaired) electrons. The Labute approximate surface area is 108 Å². The van der Waals surface area contributed by atoms with Crippen molar-refractivity contribution in [2.75, 3.05) is 13.2 Å². The van der Waals surface area contributed by atoms with Crippen LogP contribution in [0.1, 0.15) is 39.0 Å². The summed E-state index contributed by atoms with van der Waals surface area (Å²) < 4.78 is 11.5. The van der Waals surface area contributed by atoms with E-state index in [-0.39, 0.29) is 7.12 Å². The highest BCUT2D eigenvalue weighted by Crippen LogP contribution is 2.22. The van der Waals surface area contributed by atoms with Gasteiger partial charge in [-0.3, -0.25) is 0 Å². The zero-order chi connectivity index (χ0) is 12.7. The number of rotatable bonds is 6. The minimum atomic E-state index is -1.32. The highest BCUT2D eigenvalue weighted by atomic mass is 28.3. The molecule has 4 heteroatoms. The zero-order valence-electron chi connectivity index (χ0n) is 11.9. The molecular weight excluding hydrogens is 227 g/mol. The van der Waals surface area contributed by atoms with Crippen molar-refractivity contribution in [3.05, 3.63) is 11.2 Å². The van der Waals surface area contributed by atoms with Gasteiger partial charge < -0.3 is 9.31 Å². The number of hydrogen-bond acceptors (Lipinski definition) is 2. The highest BCUT2D eigenvalue weighted by molar-refractivity contribution is 6.95. The summed E-state index contributed by atoms with van der Waals surface area (Å²) in [6.07, 6.45) is 8.51. The van der Waals surface area contributed by atoms with Gasteiger partial charge >= 0.3 is 7.12 Å². The first-order chi connectivity index (χ1) is 8.05. The van der Waals surface area contributed by atoms with Crippen LogP contribution >= 0.6 is 0 Å². The van der Waals surface area contributed by atoms with Crippen LogP contribution in [0.5, 0.6) is 0 Å². The molecule has 0 aromatic heterocycles. The van der Waals surface area contributed by atoms with Crippen LogP contribution in [0.2, 0.25) is 19.6 Å². The summed E-state index contributed by atoms with van der Waals surface area (Å²) in [5, 5.41) is 1.45. The Morgan fingerprint density at radius 1 is 1.18 bits per heavy atom. The first-order valence-corrected chi connectivity index (χ1v) is 10.5. The average Bonchev–Trinajstić information content (AvgIpc) is 2.28. The minimum Gasteiger partial charge on any atom is -0.408 e. The van der Waals surface area contributed by atoms with Crippen molar-refractivity contribution >= 4 is 15.2 Å². The zero-order valence-corrected chi connectivity index (χ0v) is 12.9. The van der Waals surface area contributed by atoms with Gasteiger partial charge in [0.15, 0.2) is 0 Å². The molecule has 1 fully saturated rings. The van der Waals surface area contributed by atoms with Crippen molar-refractivity contribution in [3.8, 4) is 0 Å². The van der Waals surface area contributed by atoms with E-state index in [0.29, 0.717) is 0 Å². The lowest BCUT2D eigenvalue weighted by atomic mass is 9.86. The van der Waals surface area contributed by atoms with E-state index in [9.17, 15) is 0 Å². The molecule has 0 saturated carbocycles. The normalized spacial score (nSPS) is 18.6. The van der Waals surface area contributed by atoms with Crippen LogP contribution in [0.4, 0.5) is 0 Å². The molecule has 1 rings (SSSR count). The fourth-order valence-electron chi connectivity index (χ4n) is 2.08. The van der Waals surface area contributed by atoms with Crippen molar-refractivity contribution in [1.82, 2.24) is 0 Å². The molecule has 1 saturated heterocycles. The first-order valence-electron chi connectivity index (χ1n) is 6.99. The summed E-state index contributed by atoms with van der Waals surface area (Å²) in [6, 6.07) is 0. The van der Waals surface area contributed by atoms with Gasteiger partial charge in [-0.2, -0.15) is 0 Å². The van der Waals surface area contributed by atoms with Crippen molar-refractivity contribution < 1.29 is 9.31 Å². The maximum absolute atomic E-state index is 5.77. The highest BCUT2D eigenvalue weighted by Gasteiger charge is 2.34. The molecule has 0 aromatic carbocycles. The third kappa shape index (κ3) is 5.41. The topological polar surface area (TPSA) is 18.5 Å². The van der Waals surface area contributed by atoms with E-state index in [1.807, 2.05) is 0 Å². The van der Waals surface area contributed by atoms with Crippen LogP contribution in [-0.2, 0) is 9.31 Å². The molecule has 0 aliphatic carbocycles. The van der Waals surface area contributed by atoms with E-state index < -0.39 is 8.07 Å². The molecule has 0 aromatic rings. The molecule has 0 spiro atoms. The lowest BCUT2D eigenvalue weighted by molar-refractivity contribution is 0.141. The van der Waals surface area contributed by atoms with Crippen molar-refractivity contribution in [3.63, 3.8) is 0 Å². The van der Waals surface area contributed by atoms with Crippen molar-refractivity contribution in [1.29, 1.82) is 0 Å². The van der Waals surface area contributed by atoms with Gasteiger partial charge in [0, 0.05) is 13.2 Å². The summed E-state index contributed by atoms with van der Waals surface area (Å²) in [4.78, 5) is 0. The fourth-order valence-corrected chi connectivity index (χ4v) is 3.71. The number of unbranched alkanes of at least 4 members (excludes halogenated alkanes) is 3. The standard InChI is InChI=1S/C13H27BO2Si/c1-5-6-7-8-10-13(17(2,3)4)14-15-11-9-12-16-14/h10H,5-9,11-12H2,1-4H3/b13-10-. The average molecular weight is 254 g/mol. The monoisotopic (exact) mass is 254 g/mol. The lowest BCUT2D eigenvalue weighted by Gasteiger charge is -2.29. The third-order valence-electron chi connectivity index (χ3n) is 3.12. The second kappa shape index (κ2) is 7.39. The van der Waals surface area contributed by atoms with E-state index in [4.69, 9.17) is 9.31 Å². The lowest BCUT2D eigenvalue weighted by Crippen LogP contribution is -2.41. The number of hydrogen-bond donors (Lipinski definition) is 0. The predicted octanol–water partition coefficient (Wildman–Crippen LogP) is 3.83. The molecule has 0 atom stereocenters. The molecule has 0 amide bonds. The van der Waals surface area contributed by atoms with Gasteiger partial charge in [0.25, 0.3) is 0 Å². The van der Waals surface area contributed by atoms with Gasteiger partial charge in [-0.05, 0) is 19.3 Å². The quantitative estimate of drug-likeness (QED) is 0.529. The molecule has 17 heavy (non-hydrogen) atoms. The summed E-state index contributed by atoms with van der Waals surface area (Å²) in [5.74, 6) is 0. The van der Waals surface area contributed by atoms with E-state index in [1.165, 1.54) is 30.8 Å². The second-order valence-corrected chi connectivity index (χ2v) is 10.9. The maximum Gasteiger partial charge on any atom is 0.485 e. The van der Waals surface area contributed by atoms with Crippen LogP contribution in [0.15, 0.2) is 11.2 Å². The summed E-state index contributed by atoms with van der Waals surface area (Å²) in [5.41, 5.74) is 0. The molecule has 0 N–H and O–H groups in total. The van der Waals surface area contributed by atoms with E-state index in [1.54, 1.807) is 0 Å². The molecule has 1 heterocycles. The van der Waals surface area contributed by atoms with E-state index >= 15 is 0 Å². The predicted molar refractivity (Wildman–Crippen MR) is 77.8 cm³/mol. The smallest absolute Gasteiger partial charge is 0.408 e. The molecule has 2 nitrogen and oxygen atoms in total. The molecule has 1 aliphatic rings.